The molecule has 0 aliphatic rings. The molecule has 0 spiro atoms. The Bertz CT molecular complexity index is 695. The Morgan fingerprint density at radius 2 is 1.46 bits per heavy atom. The molecule has 0 radical (unpaired) electrons. The molecule has 0 bridgehead atoms. The van der Waals surface area contributed by atoms with Gasteiger partial charge in [0.25, 0.3) is 0 Å². The lowest BCUT2D eigenvalue weighted by molar-refractivity contribution is 0.415. The quantitative estimate of drug-likeness (QED) is 0.473. The van der Waals surface area contributed by atoms with E-state index >= 15 is 0 Å². The smallest absolute Gasteiger partial charge is 0.250 e. The Morgan fingerprint density at radius 1 is 0.833 bits per heavy atom. The number of rotatable bonds is 5. The van der Waals surface area contributed by atoms with Crippen LogP contribution in [0.3, 0.4) is 0 Å². The van der Waals surface area contributed by atoms with E-state index in [0.717, 1.165) is 22.6 Å². The molecule has 0 fully saturated rings. The predicted molar refractivity (Wildman–Crippen MR) is 106 cm³/mol. The third-order valence-corrected chi connectivity index (χ3v) is 8.98. The number of hydrogen-bond acceptors (Lipinski definition) is 2. The van der Waals surface area contributed by atoms with E-state index in [1.807, 2.05) is 30.3 Å². The normalized spacial score (nSPS) is 12.4. The molecule has 0 aromatic heterocycles. The minimum atomic E-state index is -1.80. The van der Waals surface area contributed by atoms with Crippen LogP contribution in [0.1, 0.15) is 31.9 Å². The first-order valence-electron chi connectivity index (χ1n) is 8.32. The zero-order valence-corrected chi connectivity index (χ0v) is 16.6. The van der Waals surface area contributed by atoms with Gasteiger partial charge in [0.1, 0.15) is 11.5 Å². The minimum absolute atomic E-state index is 0.196. The molecule has 2 nitrogen and oxygen atoms in total. The molecule has 0 saturated carbocycles. The second kappa shape index (κ2) is 7.26. The molecule has 2 rings (SSSR count). The summed E-state index contributed by atoms with van der Waals surface area (Å²) >= 11 is 0. The lowest BCUT2D eigenvalue weighted by atomic mass is 10.1. The van der Waals surface area contributed by atoms with Crippen LogP contribution in [-0.4, -0.2) is 15.4 Å². The van der Waals surface area contributed by atoms with Crippen LogP contribution in [0.2, 0.25) is 18.1 Å². The van der Waals surface area contributed by atoms with Crippen LogP contribution in [0.25, 0.3) is 12.2 Å². The van der Waals surface area contributed by atoms with Gasteiger partial charge in [-0.05, 0) is 53.5 Å². The second-order valence-electron chi connectivity index (χ2n) is 7.54. The summed E-state index contributed by atoms with van der Waals surface area (Å²) in [7, 11) is -0.125. The van der Waals surface area contributed by atoms with Crippen LogP contribution in [0, 0.1) is 0 Å². The third kappa shape index (κ3) is 4.75. The molecule has 0 unspecified atom stereocenters. The summed E-state index contributed by atoms with van der Waals surface area (Å²) in [5, 5.41) is 0.196. The van der Waals surface area contributed by atoms with Crippen molar-refractivity contribution in [1.82, 2.24) is 0 Å². The van der Waals surface area contributed by atoms with Crippen LogP contribution in [-0.2, 0) is 0 Å². The summed E-state index contributed by atoms with van der Waals surface area (Å²) in [6.45, 7) is 11.3. The highest BCUT2D eigenvalue weighted by atomic mass is 28.4. The fourth-order valence-electron chi connectivity index (χ4n) is 2.04. The van der Waals surface area contributed by atoms with Crippen molar-refractivity contribution in [2.75, 3.05) is 7.11 Å². The molecule has 2 aromatic rings. The minimum Gasteiger partial charge on any atom is -0.543 e. The van der Waals surface area contributed by atoms with Crippen LogP contribution < -0.4 is 9.16 Å². The van der Waals surface area contributed by atoms with E-state index in [1.165, 1.54) is 0 Å². The highest BCUT2D eigenvalue weighted by Crippen LogP contribution is 2.37. The molecule has 0 atom stereocenters. The topological polar surface area (TPSA) is 18.5 Å². The predicted octanol–water partition coefficient (Wildman–Crippen LogP) is 6.25. The molecule has 128 valence electrons. The number of methoxy groups -OCH3 is 1. The van der Waals surface area contributed by atoms with E-state index in [9.17, 15) is 0 Å². The van der Waals surface area contributed by atoms with Gasteiger partial charge in [0, 0.05) is 0 Å². The van der Waals surface area contributed by atoms with Crippen LogP contribution in [0.4, 0.5) is 0 Å². The molecule has 3 heteroatoms. The van der Waals surface area contributed by atoms with Gasteiger partial charge in [-0.15, -0.1) is 0 Å². The van der Waals surface area contributed by atoms with Gasteiger partial charge >= 0.3 is 0 Å². The lowest BCUT2D eigenvalue weighted by Gasteiger charge is -2.36. The largest absolute Gasteiger partial charge is 0.543 e. The Hall–Kier alpha value is -2.00. The molecule has 0 heterocycles. The average Bonchev–Trinajstić information content (AvgIpc) is 2.52. The Morgan fingerprint density at radius 3 is 2.04 bits per heavy atom. The van der Waals surface area contributed by atoms with Gasteiger partial charge < -0.3 is 9.16 Å². The van der Waals surface area contributed by atoms with Gasteiger partial charge in [-0.25, -0.2) is 0 Å². The van der Waals surface area contributed by atoms with E-state index in [4.69, 9.17) is 9.16 Å². The molecule has 0 aliphatic carbocycles. The first-order valence-corrected chi connectivity index (χ1v) is 11.2. The number of benzene rings is 2. The van der Waals surface area contributed by atoms with Crippen molar-refractivity contribution in [2.45, 2.75) is 38.9 Å². The summed E-state index contributed by atoms with van der Waals surface area (Å²) in [6.07, 6.45) is 4.21. The Labute approximate surface area is 147 Å². The monoisotopic (exact) mass is 340 g/mol. The van der Waals surface area contributed by atoms with Gasteiger partial charge in [0.05, 0.1) is 7.11 Å². The summed E-state index contributed by atoms with van der Waals surface area (Å²) in [6, 6.07) is 16.3. The summed E-state index contributed by atoms with van der Waals surface area (Å²) in [5.41, 5.74) is 2.29. The SMILES string of the molecule is COc1ccc(/C=C\c2cccc(O[Si](C)(C)C(C)(C)C)c2)cc1. The van der Waals surface area contributed by atoms with Crippen molar-refractivity contribution in [3.05, 3.63) is 59.7 Å². The first-order chi connectivity index (χ1) is 11.2. The fraction of sp³-hybridized carbons (Fsp3) is 0.333. The highest BCUT2D eigenvalue weighted by molar-refractivity contribution is 6.74. The molecule has 0 amide bonds. The van der Waals surface area contributed by atoms with Gasteiger partial charge in [0.2, 0.25) is 8.32 Å². The van der Waals surface area contributed by atoms with Crippen LogP contribution in [0.5, 0.6) is 11.5 Å². The molecule has 2 aromatic carbocycles. The van der Waals surface area contributed by atoms with Gasteiger partial charge in [0.15, 0.2) is 0 Å². The lowest BCUT2D eigenvalue weighted by Crippen LogP contribution is -2.43. The van der Waals surface area contributed by atoms with E-state index < -0.39 is 8.32 Å². The van der Waals surface area contributed by atoms with E-state index in [-0.39, 0.29) is 5.04 Å². The molecule has 0 N–H and O–H groups in total. The molecular formula is C21H28O2Si. The van der Waals surface area contributed by atoms with Crippen LogP contribution in [0.15, 0.2) is 48.5 Å². The third-order valence-electron chi connectivity index (χ3n) is 4.62. The Kier molecular flexibility index (Phi) is 5.55. The van der Waals surface area contributed by atoms with E-state index in [0.29, 0.717) is 0 Å². The maximum Gasteiger partial charge on any atom is 0.250 e. The van der Waals surface area contributed by atoms with Gasteiger partial charge in [-0.3, -0.25) is 0 Å². The van der Waals surface area contributed by atoms with E-state index in [1.54, 1.807) is 7.11 Å². The number of ether oxygens (including phenoxy) is 1. The van der Waals surface area contributed by atoms with E-state index in [2.05, 4.69) is 64.2 Å². The molecular weight excluding hydrogens is 312 g/mol. The molecule has 0 saturated heterocycles. The van der Waals surface area contributed by atoms with Crippen molar-refractivity contribution < 1.29 is 9.16 Å². The molecule has 0 aliphatic heterocycles. The summed E-state index contributed by atoms with van der Waals surface area (Å²) in [4.78, 5) is 0. The standard InChI is InChI=1S/C21H28O2Si/c1-21(2,3)24(5,6)23-20-9-7-8-18(16-20)11-10-17-12-14-19(22-4)15-13-17/h7-16H,1-6H3/b11-10-. The highest BCUT2D eigenvalue weighted by Gasteiger charge is 2.38. The molecule has 24 heavy (non-hydrogen) atoms. The van der Waals surface area contributed by atoms with Gasteiger partial charge in [-0.1, -0.05) is 57.2 Å². The second-order valence-corrected chi connectivity index (χ2v) is 12.3. The first kappa shape index (κ1) is 18.3. The van der Waals surface area contributed by atoms with Crippen molar-refractivity contribution >= 4 is 20.5 Å². The van der Waals surface area contributed by atoms with Crippen molar-refractivity contribution in [1.29, 1.82) is 0 Å². The van der Waals surface area contributed by atoms with Crippen molar-refractivity contribution in [3.63, 3.8) is 0 Å². The summed E-state index contributed by atoms with van der Waals surface area (Å²) in [5.74, 6) is 1.83. The zero-order chi connectivity index (χ0) is 17.8. The maximum absolute atomic E-state index is 6.38. The average molecular weight is 341 g/mol. The van der Waals surface area contributed by atoms with Crippen LogP contribution >= 0.6 is 0 Å². The fourth-order valence-corrected chi connectivity index (χ4v) is 3.06. The van der Waals surface area contributed by atoms with Gasteiger partial charge in [-0.2, -0.15) is 0 Å². The van der Waals surface area contributed by atoms with Crippen molar-refractivity contribution in [3.8, 4) is 11.5 Å². The summed E-state index contributed by atoms with van der Waals surface area (Å²) < 4.78 is 11.6. The Balaban J connectivity index is 2.13. The number of hydrogen-bond donors (Lipinski definition) is 0. The maximum atomic E-state index is 6.38. The van der Waals surface area contributed by atoms with Crippen molar-refractivity contribution in [2.24, 2.45) is 0 Å². The zero-order valence-electron chi connectivity index (χ0n) is 15.6.